The summed E-state index contributed by atoms with van der Waals surface area (Å²) in [4.78, 5) is 0. The van der Waals surface area contributed by atoms with E-state index < -0.39 is 0 Å². The van der Waals surface area contributed by atoms with Gasteiger partial charge >= 0.3 is 0 Å². The molecule has 1 unspecified atom stereocenters. The lowest BCUT2D eigenvalue weighted by molar-refractivity contribution is -0.161. The third kappa shape index (κ3) is 2.77. The van der Waals surface area contributed by atoms with E-state index in [4.69, 9.17) is 4.74 Å². The van der Waals surface area contributed by atoms with Crippen LogP contribution in [-0.2, 0) is 4.74 Å². The molecule has 0 aliphatic heterocycles. The summed E-state index contributed by atoms with van der Waals surface area (Å²) < 4.78 is 6.32. The van der Waals surface area contributed by atoms with Crippen LogP contribution in [0.2, 0.25) is 0 Å². The maximum absolute atomic E-state index is 6.32. The Hall–Kier alpha value is -0.0400. The molecule has 0 saturated heterocycles. The van der Waals surface area contributed by atoms with E-state index in [0.717, 1.165) is 53.3 Å². The van der Waals surface area contributed by atoms with Crippen molar-refractivity contribution < 1.29 is 4.74 Å². The molecule has 0 heterocycles. The number of hydrogen-bond acceptors (Lipinski definition) is 1. The Labute approximate surface area is 192 Å². The molecule has 0 N–H and O–H groups in total. The Morgan fingerprint density at radius 2 is 1.65 bits per heavy atom. The molecule has 1 heteroatoms. The van der Waals surface area contributed by atoms with Gasteiger partial charge in [0, 0.05) is 12.5 Å². The highest BCUT2D eigenvalue weighted by Gasteiger charge is 2.77. The van der Waals surface area contributed by atoms with Crippen LogP contribution in [0, 0.1) is 69.5 Å². The first-order valence-electron chi connectivity index (χ1n) is 14.3. The summed E-state index contributed by atoms with van der Waals surface area (Å²) in [6.45, 7) is 13.1. The van der Waals surface area contributed by atoms with E-state index in [1.807, 2.05) is 7.11 Å². The average Bonchev–Trinajstić information content (AvgIpc) is 3.60. The Kier molecular flexibility index (Phi) is 4.85. The van der Waals surface area contributed by atoms with Gasteiger partial charge in [0.25, 0.3) is 0 Å². The number of hydrogen-bond donors (Lipinski definition) is 0. The lowest BCUT2D eigenvalue weighted by Gasteiger charge is -2.61. The minimum absolute atomic E-state index is 0.562. The van der Waals surface area contributed by atoms with E-state index in [0.29, 0.717) is 22.3 Å². The van der Waals surface area contributed by atoms with Gasteiger partial charge < -0.3 is 4.74 Å². The van der Waals surface area contributed by atoms with Crippen molar-refractivity contribution in [3.8, 4) is 0 Å². The minimum atomic E-state index is 0.562. The van der Waals surface area contributed by atoms with Gasteiger partial charge in [0.2, 0.25) is 0 Å². The molecule has 0 bridgehead atoms. The van der Waals surface area contributed by atoms with Crippen molar-refractivity contribution in [2.24, 2.45) is 69.5 Å². The van der Waals surface area contributed by atoms with Crippen molar-refractivity contribution in [3.63, 3.8) is 0 Å². The molecule has 0 radical (unpaired) electrons. The predicted molar refractivity (Wildman–Crippen MR) is 129 cm³/mol. The van der Waals surface area contributed by atoms with Gasteiger partial charge in [0.05, 0.1) is 6.10 Å². The van der Waals surface area contributed by atoms with Crippen molar-refractivity contribution in [2.45, 2.75) is 111 Å². The molecule has 1 nitrogen and oxygen atoms in total. The molecule has 13 atom stereocenters. The summed E-state index contributed by atoms with van der Waals surface area (Å²) >= 11 is 0. The molecule has 0 aromatic rings. The summed E-state index contributed by atoms with van der Waals surface area (Å²) in [6.07, 6.45) is 17.0. The van der Waals surface area contributed by atoms with Crippen molar-refractivity contribution in [3.05, 3.63) is 0 Å². The maximum atomic E-state index is 6.32. The largest absolute Gasteiger partial charge is 0.381 e. The highest BCUT2D eigenvalue weighted by Crippen LogP contribution is 2.82. The predicted octanol–water partition coefficient (Wildman–Crippen LogP) is 7.98. The van der Waals surface area contributed by atoms with E-state index in [1.165, 1.54) is 70.6 Å². The highest BCUT2D eigenvalue weighted by molar-refractivity contribution is 5.26. The van der Waals surface area contributed by atoms with E-state index in [9.17, 15) is 0 Å². The van der Waals surface area contributed by atoms with Crippen LogP contribution in [0.3, 0.4) is 0 Å². The molecule has 0 amide bonds. The summed E-state index contributed by atoms with van der Waals surface area (Å²) in [5.74, 6) is 8.85. The second-order valence-electron chi connectivity index (χ2n) is 14.4. The summed E-state index contributed by atoms with van der Waals surface area (Å²) in [5, 5.41) is 0. The molecule has 176 valence electrons. The van der Waals surface area contributed by atoms with Crippen LogP contribution in [0.5, 0.6) is 0 Å². The van der Waals surface area contributed by atoms with Crippen molar-refractivity contribution >= 4 is 0 Å². The quantitative estimate of drug-likeness (QED) is 0.418. The van der Waals surface area contributed by atoms with E-state index >= 15 is 0 Å². The molecular formula is C30H50O. The fourth-order valence-electron chi connectivity index (χ4n) is 11.6. The third-order valence-electron chi connectivity index (χ3n) is 13.6. The van der Waals surface area contributed by atoms with Crippen LogP contribution in [0.1, 0.15) is 105 Å². The normalized spacial score (nSPS) is 58.6. The van der Waals surface area contributed by atoms with Gasteiger partial charge in [-0.2, -0.15) is 0 Å². The van der Waals surface area contributed by atoms with Gasteiger partial charge in [-0.3, -0.25) is 0 Å². The number of fused-ring (bicyclic) bond motifs is 4. The summed E-state index contributed by atoms with van der Waals surface area (Å²) in [6, 6.07) is 0. The van der Waals surface area contributed by atoms with E-state index in [2.05, 4.69) is 34.6 Å². The zero-order chi connectivity index (χ0) is 21.8. The first-order valence-corrected chi connectivity index (χ1v) is 14.3. The molecule has 6 aliphatic carbocycles. The average molecular weight is 427 g/mol. The van der Waals surface area contributed by atoms with Crippen LogP contribution in [0.4, 0.5) is 0 Å². The van der Waals surface area contributed by atoms with Crippen LogP contribution >= 0.6 is 0 Å². The van der Waals surface area contributed by atoms with Crippen LogP contribution in [0.15, 0.2) is 0 Å². The SMILES string of the molecule is CO[C@@H]1C[C@H]2[C@@H]3CC[C@H](C(C)CC[C@@H](C)[C@@H]4C[C@H]4C)[C@@]3(C)CC[C@@H]2[C@@]2(C)CC[C@H]3C[C@]312. The van der Waals surface area contributed by atoms with Gasteiger partial charge in [0.15, 0.2) is 0 Å². The van der Waals surface area contributed by atoms with Gasteiger partial charge in [-0.1, -0.05) is 47.5 Å². The van der Waals surface area contributed by atoms with Crippen molar-refractivity contribution in [1.82, 2.24) is 0 Å². The van der Waals surface area contributed by atoms with Crippen molar-refractivity contribution in [1.29, 1.82) is 0 Å². The standard InChI is InChI=1S/C30H50O/c1-18(22-15-20(22)3)7-8-19(2)24-9-10-25-23-16-27(31-6)30-17-21(30)11-14-29(30,5)26(23)12-13-28(24,25)4/h18-27H,7-17H2,1-6H3/t18-,19?,20-,21+,22+,23+,24-,25+,26+,27-,28-,29-,30+/m1/s1. The van der Waals surface area contributed by atoms with Gasteiger partial charge in [-0.15, -0.1) is 0 Å². The van der Waals surface area contributed by atoms with Crippen LogP contribution in [-0.4, -0.2) is 13.2 Å². The Morgan fingerprint density at radius 1 is 0.903 bits per heavy atom. The van der Waals surface area contributed by atoms with Gasteiger partial charge in [-0.25, -0.2) is 0 Å². The molecule has 0 aromatic carbocycles. The highest BCUT2D eigenvalue weighted by atomic mass is 16.5. The van der Waals surface area contributed by atoms with Gasteiger partial charge in [0.1, 0.15) is 0 Å². The first-order chi connectivity index (χ1) is 14.8. The lowest BCUT2D eigenvalue weighted by atomic mass is 9.45. The molecule has 6 rings (SSSR count). The monoisotopic (exact) mass is 426 g/mol. The Bertz CT molecular complexity index is 715. The topological polar surface area (TPSA) is 9.23 Å². The zero-order valence-corrected chi connectivity index (χ0v) is 21.5. The molecule has 6 fully saturated rings. The first kappa shape index (κ1) is 21.5. The van der Waals surface area contributed by atoms with Gasteiger partial charge in [-0.05, 0) is 122 Å². The maximum Gasteiger partial charge on any atom is 0.0638 e. The molecule has 31 heavy (non-hydrogen) atoms. The van der Waals surface area contributed by atoms with E-state index in [1.54, 1.807) is 0 Å². The lowest BCUT2D eigenvalue weighted by Crippen LogP contribution is -2.57. The summed E-state index contributed by atoms with van der Waals surface area (Å²) in [5.41, 5.74) is 1.78. The zero-order valence-electron chi connectivity index (χ0n) is 21.5. The smallest absolute Gasteiger partial charge is 0.0638 e. The fraction of sp³-hybridized carbons (Fsp3) is 1.00. The Morgan fingerprint density at radius 3 is 2.32 bits per heavy atom. The molecule has 6 aliphatic rings. The van der Waals surface area contributed by atoms with Crippen LogP contribution in [0.25, 0.3) is 0 Å². The Balaban J connectivity index is 1.19. The number of ether oxygens (including phenoxy) is 1. The molecule has 1 spiro atoms. The summed E-state index contributed by atoms with van der Waals surface area (Å²) in [7, 11) is 2.04. The van der Waals surface area contributed by atoms with E-state index in [-0.39, 0.29) is 0 Å². The number of methoxy groups -OCH3 is 1. The van der Waals surface area contributed by atoms with Crippen LogP contribution < -0.4 is 0 Å². The fourth-order valence-corrected chi connectivity index (χ4v) is 11.6. The molecular weight excluding hydrogens is 376 g/mol. The number of rotatable bonds is 6. The molecule has 6 saturated carbocycles. The third-order valence-corrected chi connectivity index (χ3v) is 13.6. The minimum Gasteiger partial charge on any atom is -0.381 e. The second kappa shape index (κ2) is 6.99. The van der Waals surface area contributed by atoms with Crippen molar-refractivity contribution in [2.75, 3.05) is 7.11 Å². The molecule has 0 aromatic heterocycles. The second-order valence-corrected chi connectivity index (χ2v) is 14.4.